The largest absolute Gasteiger partial charge is 0.352 e. The van der Waals surface area contributed by atoms with Crippen molar-refractivity contribution in [3.05, 3.63) is 0 Å². The van der Waals surface area contributed by atoms with Gasteiger partial charge in [0.1, 0.15) is 0 Å². The fourth-order valence-corrected chi connectivity index (χ4v) is 3.08. The standard InChI is InChI=1S/C16H33N3O/c1-5-10-19(16(12-17)8-6-7-9-16)11-15(20)18-14(4)13(2)3/h13-14H,5-12,17H2,1-4H3,(H,18,20). The molecule has 1 atom stereocenters. The van der Waals surface area contributed by atoms with E-state index in [1.54, 1.807) is 0 Å². The Labute approximate surface area is 124 Å². The first-order valence-electron chi connectivity index (χ1n) is 8.19. The number of hydrogen-bond donors (Lipinski definition) is 2. The average Bonchev–Trinajstić information content (AvgIpc) is 2.87. The van der Waals surface area contributed by atoms with Crippen LogP contribution >= 0.6 is 0 Å². The first kappa shape index (κ1) is 17.4. The van der Waals surface area contributed by atoms with E-state index in [9.17, 15) is 4.79 Å². The molecule has 3 N–H and O–H groups in total. The summed E-state index contributed by atoms with van der Waals surface area (Å²) in [7, 11) is 0. The highest BCUT2D eigenvalue weighted by molar-refractivity contribution is 5.78. The van der Waals surface area contributed by atoms with E-state index in [4.69, 9.17) is 5.73 Å². The van der Waals surface area contributed by atoms with Crippen molar-refractivity contribution in [1.82, 2.24) is 10.2 Å². The summed E-state index contributed by atoms with van der Waals surface area (Å²) in [6.45, 7) is 10.6. The van der Waals surface area contributed by atoms with Gasteiger partial charge in [0.2, 0.25) is 5.91 Å². The maximum atomic E-state index is 12.3. The quantitative estimate of drug-likeness (QED) is 0.717. The van der Waals surface area contributed by atoms with Crippen LogP contribution in [-0.2, 0) is 4.79 Å². The van der Waals surface area contributed by atoms with Crippen molar-refractivity contribution >= 4 is 5.91 Å². The van der Waals surface area contributed by atoms with Crippen molar-refractivity contribution < 1.29 is 4.79 Å². The molecule has 1 unspecified atom stereocenters. The minimum absolute atomic E-state index is 0.0639. The van der Waals surface area contributed by atoms with E-state index in [0.717, 1.165) is 25.8 Å². The first-order valence-corrected chi connectivity index (χ1v) is 8.19. The summed E-state index contributed by atoms with van der Waals surface area (Å²) in [6.07, 6.45) is 5.81. The number of carbonyl (C=O) groups excluding carboxylic acids is 1. The molecule has 0 radical (unpaired) electrons. The van der Waals surface area contributed by atoms with Gasteiger partial charge in [0.25, 0.3) is 0 Å². The number of nitrogens with zero attached hydrogens (tertiary/aromatic N) is 1. The van der Waals surface area contributed by atoms with Crippen LogP contribution in [0.5, 0.6) is 0 Å². The Kier molecular flexibility index (Phi) is 6.96. The van der Waals surface area contributed by atoms with Crippen LogP contribution in [0.3, 0.4) is 0 Å². The molecule has 4 nitrogen and oxygen atoms in total. The molecule has 0 spiro atoms. The Morgan fingerprint density at radius 2 is 1.90 bits per heavy atom. The lowest BCUT2D eigenvalue weighted by atomic mass is 9.94. The highest BCUT2D eigenvalue weighted by atomic mass is 16.2. The van der Waals surface area contributed by atoms with Crippen LogP contribution < -0.4 is 11.1 Å². The van der Waals surface area contributed by atoms with E-state index >= 15 is 0 Å². The second-order valence-electron chi connectivity index (χ2n) is 6.66. The molecule has 1 rings (SSSR count). The SMILES string of the molecule is CCCN(CC(=O)NC(C)C(C)C)C1(CN)CCCC1. The molecule has 1 aliphatic rings. The van der Waals surface area contributed by atoms with Crippen molar-refractivity contribution in [2.75, 3.05) is 19.6 Å². The molecule has 0 bridgehead atoms. The van der Waals surface area contributed by atoms with Crippen molar-refractivity contribution in [2.45, 2.75) is 71.4 Å². The normalized spacial score (nSPS) is 19.6. The van der Waals surface area contributed by atoms with Crippen LogP contribution in [0.4, 0.5) is 0 Å². The van der Waals surface area contributed by atoms with Crippen LogP contribution in [0, 0.1) is 5.92 Å². The molecule has 20 heavy (non-hydrogen) atoms. The molecule has 1 saturated carbocycles. The maximum Gasteiger partial charge on any atom is 0.234 e. The summed E-state index contributed by atoms with van der Waals surface area (Å²) in [5.41, 5.74) is 6.12. The molecule has 1 aliphatic carbocycles. The van der Waals surface area contributed by atoms with E-state index in [0.29, 0.717) is 19.0 Å². The molecular weight excluding hydrogens is 250 g/mol. The van der Waals surface area contributed by atoms with Crippen molar-refractivity contribution in [3.63, 3.8) is 0 Å². The van der Waals surface area contributed by atoms with Gasteiger partial charge in [0, 0.05) is 18.1 Å². The number of rotatable bonds is 8. The summed E-state index contributed by atoms with van der Waals surface area (Å²) in [5.74, 6) is 0.605. The Morgan fingerprint density at radius 1 is 1.30 bits per heavy atom. The van der Waals surface area contributed by atoms with Crippen molar-refractivity contribution in [3.8, 4) is 0 Å². The Morgan fingerprint density at radius 3 is 2.35 bits per heavy atom. The number of hydrogen-bond acceptors (Lipinski definition) is 3. The van der Waals surface area contributed by atoms with Crippen LogP contribution in [0.2, 0.25) is 0 Å². The lowest BCUT2D eigenvalue weighted by molar-refractivity contribution is -0.124. The predicted molar refractivity (Wildman–Crippen MR) is 84.6 cm³/mol. The monoisotopic (exact) mass is 283 g/mol. The van der Waals surface area contributed by atoms with Gasteiger partial charge in [0.05, 0.1) is 6.54 Å². The van der Waals surface area contributed by atoms with Crippen LogP contribution in [0.25, 0.3) is 0 Å². The van der Waals surface area contributed by atoms with Crippen molar-refractivity contribution in [1.29, 1.82) is 0 Å². The summed E-state index contributed by atoms with van der Waals surface area (Å²) in [6, 6.07) is 0.225. The molecule has 1 fully saturated rings. The molecule has 0 aromatic rings. The highest BCUT2D eigenvalue weighted by Crippen LogP contribution is 2.34. The zero-order chi connectivity index (χ0) is 15.2. The van der Waals surface area contributed by atoms with E-state index in [1.807, 2.05) is 0 Å². The number of carbonyl (C=O) groups is 1. The zero-order valence-electron chi connectivity index (χ0n) is 13.7. The van der Waals surface area contributed by atoms with E-state index in [1.165, 1.54) is 12.8 Å². The minimum atomic E-state index is 0.0639. The van der Waals surface area contributed by atoms with Gasteiger partial charge in [-0.3, -0.25) is 9.69 Å². The van der Waals surface area contributed by atoms with Crippen LogP contribution in [-0.4, -0.2) is 42.0 Å². The maximum absolute atomic E-state index is 12.3. The predicted octanol–water partition coefficient (Wildman–Crippen LogP) is 2.13. The third-order valence-electron chi connectivity index (χ3n) is 4.80. The van der Waals surface area contributed by atoms with Gasteiger partial charge in [-0.2, -0.15) is 0 Å². The van der Waals surface area contributed by atoms with Gasteiger partial charge in [-0.05, 0) is 38.6 Å². The second kappa shape index (κ2) is 7.99. The first-order chi connectivity index (χ1) is 9.45. The van der Waals surface area contributed by atoms with E-state index < -0.39 is 0 Å². The van der Waals surface area contributed by atoms with Gasteiger partial charge in [-0.25, -0.2) is 0 Å². The molecule has 0 saturated heterocycles. The van der Waals surface area contributed by atoms with E-state index in [2.05, 4.69) is 37.9 Å². The summed E-state index contributed by atoms with van der Waals surface area (Å²) >= 11 is 0. The topological polar surface area (TPSA) is 58.4 Å². The lowest BCUT2D eigenvalue weighted by Gasteiger charge is -2.40. The number of nitrogens with one attached hydrogen (secondary N) is 1. The molecule has 118 valence electrons. The Bertz CT molecular complexity index is 298. The molecular formula is C16H33N3O. The number of amides is 1. The average molecular weight is 283 g/mol. The summed E-state index contributed by atoms with van der Waals surface area (Å²) in [4.78, 5) is 14.6. The lowest BCUT2D eigenvalue weighted by Crippen LogP contribution is -2.56. The summed E-state index contributed by atoms with van der Waals surface area (Å²) in [5, 5.41) is 3.11. The molecule has 4 heteroatoms. The zero-order valence-corrected chi connectivity index (χ0v) is 13.7. The molecule has 0 aromatic carbocycles. The van der Waals surface area contributed by atoms with Gasteiger partial charge < -0.3 is 11.1 Å². The molecule has 0 aliphatic heterocycles. The van der Waals surface area contributed by atoms with Crippen LogP contribution in [0.1, 0.15) is 59.8 Å². The second-order valence-corrected chi connectivity index (χ2v) is 6.66. The highest BCUT2D eigenvalue weighted by Gasteiger charge is 2.38. The van der Waals surface area contributed by atoms with Gasteiger partial charge >= 0.3 is 0 Å². The van der Waals surface area contributed by atoms with Gasteiger partial charge in [-0.1, -0.05) is 33.6 Å². The fraction of sp³-hybridized carbons (Fsp3) is 0.938. The third-order valence-corrected chi connectivity index (χ3v) is 4.80. The van der Waals surface area contributed by atoms with Crippen molar-refractivity contribution in [2.24, 2.45) is 11.7 Å². The Hall–Kier alpha value is -0.610. The molecule has 0 aromatic heterocycles. The Balaban J connectivity index is 2.64. The fourth-order valence-electron chi connectivity index (χ4n) is 3.08. The van der Waals surface area contributed by atoms with Crippen LogP contribution in [0.15, 0.2) is 0 Å². The smallest absolute Gasteiger partial charge is 0.234 e. The minimum Gasteiger partial charge on any atom is -0.352 e. The summed E-state index contributed by atoms with van der Waals surface area (Å²) < 4.78 is 0. The van der Waals surface area contributed by atoms with E-state index in [-0.39, 0.29) is 17.5 Å². The van der Waals surface area contributed by atoms with Gasteiger partial charge in [0.15, 0.2) is 0 Å². The number of nitrogens with two attached hydrogens (primary N) is 1. The van der Waals surface area contributed by atoms with Gasteiger partial charge in [-0.15, -0.1) is 0 Å². The molecule has 1 amide bonds. The third kappa shape index (κ3) is 4.45. The molecule has 0 heterocycles.